The molecule has 2 aromatic carbocycles. The van der Waals surface area contributed by atoms with Crippen LogP contribution in [0.4, 0.5) is 5.69 Å². The topological polar surface area (TPSA) is 84.6 Å². The van der Waals surface area contributed by atoms with E-state index < -0.39 is 12.1 Å². The summed E-state index contributed by atoms with van der Waals surface area (Å²) in [4.78, 5) is 12.3. The molecule has 6 heteroatoms. The zero-order valence-electron chi connectivity index (χ0n) is 14.5. The van der Waals surface area contributed by atoms with Gasteiger partial charge in [-0.2, -0.15) is 0 Å². The molecular formula is C20H25ClN2O3. The van der Waals surface area contributed by atoms with Crippen LogP contribution in [0.1, 0.15) is 37.3 Å². The standard InChI is InChI=1S/C20H24N2O3.ClH/c21-19(14-6-2-1-3-7-14)20(24)22-15-10-12-16(13-11-15)25-18-9-5-4-8-17(18)23;/h1-3,6-7,10-13,17-19,23H,4-5,8-9,21H2,(H,22,24);1H. The minimum absolute atomic E-state index is 0. The number of nitrogens with one attached hydrogen (secondary N) is 1. The van der Waals surface area contributed by atoms with Crippen molar-refractivity contribution in [2.45, 2.75) is 43.9 Å². The number of ether oxygens (including phenoxy) is 1. The second kappa shape index (κ2) is 9.57. The molecule has 0 saturated heterocycles. The van der Waals surface area contributed by atoms with Gasteiger partial charge in [0.05, 0.1) is 6.10 Å². The van der Waals surface area contributed by atoms with Crippen LogP contribution in [0.3, 0.4) is 0 Å². The maximum atomic E-state index is 12.3. The summed E-state index contributed by atoms with van der Waals surface area (Å²) in [5.41, 5.74) is 7.42. The van der Waals surface area contributed by atoms with Crippen LogP contribution in [0.25, 0.3) is 0 Å². The number of amides is 1. The van der Waals surface area contributed by atoms with Crippen molar-refractivity contribution in [2.24, 2.45) is 5.73 Å². The van der Waals surface area contributed by atoms with Gasteiger partial charge in [0, 0.05) is 5.69 Å². The van der Waals surface area contributed by atoms with Gasteiger partial charge in [0.1, 0.15) is 17.9 Å². The lowest BCUT2D eigenvalue weighted by molar-refractivity contribution is -0.117. The zero-order valence-corrected chi connectivity index (χ0v) is 15.3. The fraction of sp³-hybridized carbons (Fsp3) is 0.350. The van der Waals surface area contributed by atoms with E-state index in [1.165, 1.54) is 0 Å². The third-order valence-corrected chi connectivity index (χ3v) is 4.52. The highest BCUT2D eigenvalue weighted by Crippen LogP contribution is 2.25. The Kier molecular flexibility index (Phi) is 7.45. The van der Waals surface area contributed by atoms with Crippen LogP contribution in [0.5, 0.6) is 5.75 Å². The molecule has 140 valence electrons. The molecule has 0 aromatic heterocycles. The molecule has 0 radical (unpaired) electrons. The fourth-order valence-corrected chi connectivity index (χ4v) is 3.04. The number of hydrogen-bond donors (Lipinski definition) is 3. The van der Waals surface area contributed by atoms with Gasteiger partial charge in [0.15, 0.2) is 0 Å². The number of halogens is 1. The molecule has 1 aliphatic rings. The minimum atomic E-state index is -0.713. The number of aliphatic hydroxyl groups is 1. The number of carbonyl (C=O) groups is 1. The predicted octanol–water partition coefficient (Wildman–Crippen LogP) is 3.43. The number of anilines is 1. The molecule has 3 atom stereocenters. The molecular weight excluding hydrogens is 352 g/mol. The van der Waals surface area contributed by atoms with Crippen LogP contribution in [-0.4, -0.2) is 23.2 Å². The van der Waals surface area contributed by atoms with Gasteiger partial charge in [-0.15, -0.1) is 12.4 Å². The molecule has 1 aliphatic carbocycles. The quantitative estimate of drug-likeness (QED) is 0.746. The molecule has 2 aromatic rings. The fourth-order valence-electron chi connectivity index (χ4n) is 3.04. The summed E-state index contributed by atoms with van der Waals surface area (Å²) >= 11 is 0. The van der Waals surface area contributed by atoms with Gasteiger partial charge in [0.25, 0.3) is 0 Å². The average molecular weight is 377 g/mol. The van der Waals surface area contributed by atoms with Crippen LogP contribution in [-0.2, 0) is 4.79 Å². The number of hydrogen-bond acceptors (Lipinski definition) is 4. The lowest BCUT2D eigenvalue weighted by atomic mass is 9.95. The first-order valence-corrected chi connectivity index (χ1v) is 8.69. The predicted molar refractivity (Wildman–Crippen MR) is 105 cm³/mol. The highest BCUT2D eigenvalue weighted by atomic mass is 35.5. The average Bonchev–Trinajstić information content (AvgIpc) is 2.65. The Morgan fingerprint density at radius 3 is 2.38 bits per heavy atom. The molecule has 0 heterocycles. The summed E-state index contributed by atoms with van der Waals surface area (Å²) in [7, 11) is 0. The first kappa shape index (κ1) is 20.2. The van der Waals surface area contributed by atoms with Gasteiger partial charge in [0.2, 0.25) is 5.91 Å². The Labute approximate surface area is 160 Å². The minimum Gasteiger partial charge on any atom is -0.488 e. The highest BCUT2D eigenvalue weighted by molar-refractivity contribution is 5.95. The van der Waals surface area contributed by atoms with Crippen molar-refractivity contribution in [1.82, 2.24) is 0 Å². The van der Waals surface area contributed by atoms with E-state index in [-0.39, 0.29) is 24.4 Å². The summed E-state index contributed by atoms with van der Waals surface area (Å²) in [5.74, 6) is 0.430. The molecule has 0 aliphatic heterocycles. The summed E-state index contributed by atoms with van der Waals surface area (Å²) in [5, 5.41) is 12.8. The number of rotatable bonds is 5. The maximum absolute atomic E-state index is 12.3. The summed E-state index contributed by atoms with van der Waals surface area (Å²) in [6.45, 7) is 0. The normalized spacial score (nSPS) is 20.5. The molecule has 1 amide bonds. The summed E-state index contributed by atoms with van der Waals surface area (Å²) < 4.78 is 5.86. The van der Waals surface area contributed by atoms with Gasteiger partial charge in [-0.3, -0.25) is 4.79 Å². The van der Waals surface area contributed by atoms with Crippen LogP contribution in [0.2, 0.25) is 0 Å². The highest BCUT2D eigenvalue weighted by Gasteiger charge is 2.24. The van der Waals surface area contributed by atoms with Crippen LogP contribution >= 0.6 is 12.4 Å². The number of aliphatic hydroxyl groups excluding tert-OH is 1. The van der Waals surface area contributed by atoms with E-state index >= 15 is 0 Å². The molecule has 5 nitrogen and oxygen atoms in total. The second-order valence-electron chi connectivity index (χ2n) is 6.41. The van der Waals surface area contributed by atoms with Gasteiger partial charge < -0.3 is 20.9 Å². The Balaban J connectivity index is 0.00000243. The first-order chi connectivity index (χ1) is 12.1. The van der Waals surface area contributed by atoms with E-state index in [4.69, 9.17) is 10.5 Å². The molecule has 3 rings (SSSR count). The smallest absolute Gasteiger partial charge is 0.245 e. The first-order valence-electron chi connectivity index (χ1n) is 8.69. The van der Waals surface area contributed by atoms with Crippen LogP contribution in [0.15, 0.2) is 54.6 Å². The molecule has 26 heavy (non-hydrogen) atoms. The largest absolute Gasteiger partial charge is 0.488 e. The number of benzene rings is 2. The Hall–Kier alpha value is -2.08. The van der Waals surface area contributed by atoms with E-state index in [2.05, 4.69) is 5.32 Å². The van der Waals surface area contributed by atoms with Gasteiger partial charge in [-0.05, 0) is 49.1 Å². The zero-order chi connectivity index (χ0) is 17.6. The third kappa shape index (κ3) is 5.21. The van der Waals surface area contributed by atoms with Crippen molar-refractivity contribution in [2.75, 3.05) is 5.32 Å². The monoisotopic (exact) mass is 376 g/mol. The Morgan fingerprint density at radius 2 is 1.73 bits per heavy atom. The van der Waals surface area contributed by atoms with Crippen LogP contribution in [0, 0.1) is 0 Å². The van der Waals surface area contributed by atoms with E-state index in [1.807, 2.05) is 30.3 Å². The van der Waals surface area contributed by atoms with E-state index in [1.54, 1.807) is 24.3 Å². The Bertz CT molecular complexity index is 694. The van der Waals surface area contributed by atoms with Crippen molar-refractivity contribution in [3.05, 3.63) is 60.2 Å². The van der Waals surface area contributed by atoms with Crippen molar-refractivity contribution in [3.8, 4) is 5.75 Å². The summed E-state index contributed by atoms with van der Waals surface area (Å²) in [6.07, 6.45) is 3.22. The van der Waals surface area contributed by atoms with E-state index in [9.17, 15) is 9.90 Å². The number of nitrogens with two attached hydrogens (primary N) is 1. The van der Waals surface area contributed by atoms with E-state index in [0.717, 1.165) is 31.2 Å². The summed E-state index contributed by atoms with van der Waals surface area (Å²) in [6, 6.07) is 15.7. The molecule has 1 fully saturated rings. The molecule has 0 bridgehead atoms. The number of carbonyl (C=O) groups excluding carboxylic acids is 1. The van der Waals surface area contributed by atoms with Gasteiger partial charge in [-0.1, -0.05) is 36.8 Å². The van der Waals surface area contributed by atoms with E-state index in [0.29, 0.717) is 11.4 Å². The van der Waals surface area contributed by atoms with Gasteiger partial charge in [-0.25, -0.2) is 0 Å². The van der Waals surface area contributed by atoms with Gasteiger partial charge >= 0.3 is 0 Å². The Morgan fingerprint density at radius 1 is 1.08 bits per heavy atom. The second-order valence-corrected chi connectivity index (χ2v) is 6.41. The lowest BCUT2D eigenvalue weighted by Crippen LogP contribution is -2.34. The van der Waals surface area contributed by atoms with Crippen molar-refractivity contribution < 1.29 is 14.6 Å². The molecule has 3 unspecified atom stereocenters. The van der Waals surface area contributed by atoms with Crippen molar-refractivity contribution in [3.63, 3.8) is 0 Å². The van der Waals surface area contributed by atoms with Crippen molar-refractivity contribution in [1.29, 1.82) is 0 Å². The molecule has 4 N–H and O–H groups in total. The maximum Gasteiger partial charge on any atom is 0.245 e. The third-order valence-electron chi connectivity index (χ3n) is 4.52. The molecule has 0 spiro atoms. The van der Waals surface area contributed by atoms with Crippen LogP contribution < -0.4 is 15.8 Å². The SMILES string of the molecule is Cl.NC(C(=O)Nc1ccc(OC2CCCCC2O)cc1)c1ccccc1. The van der Waals surface area contributed by atoms with Crippen molar-refractivity contribution >= 4 is 24.0 Å². The lowest BCUT2D eigenvalue weighted by Gasteiger charge is -2.28. The molecule has 1 saturated carbocycles.